The van der Waals surface area contributed by atoms with Gasteiger partial charge in [-0.2, -0.15) is 0 Å². The number of nitrogens with one attached hydrogen (secondary N) is 1. The van der Waals surface area contributed by atoms with E-state index in [4.69, 9.17) is 18.9 Å². The Morgan fingerprint density at radius 2 is 1.76 bits per heavy atom. The summed E-state index contributed by atoms with van der Waals surface area (Å²) in [5, 5.41) is 13.8. The average Bonchev–Trinajstić information content (AvgIpc) is 3.79. The van der Waals surface area contributed by atoms with Crippen molar-refractivity contribution in [2.75, 3.05) is 38.9 Å². The minimum absolute atomic E-state index is 0.0550. The zero-order valence-corrected chi connectivity index (χ0v) is 29.5. The molecule has 4 heterocycles. The van der Waals surface area contributed by atoms with Crippen molar-refractivity contribution in [3.63, 3.8) is 0 Å². The second-order valence-electron chi connectivity index (χ2n) is 13.6. The molecular weight excluding hydrogens is 654 g/mol. The van der Waals surface area contributed by atoms with E-state index >= 15 is 4.79 Å². The molecule has 2 aromatic rings. The summed E-state index contributed by atoms with van der Waals surface area (Å²) < 4.78 is 23.8. The maximum absolute atomic E-state index is 15.1. The van der Waals surface area contributed by atoms with Crippen LogP contribution in [0, 0.1) is 17.8 Å². The maximum Gasteiger partial charge on any atom is 0.313 e. The third kappa shape index (κ3) is 6.68. The topological polar surface area (TPSA) is 144 Å². The number of aliphatic hydroxyl groups excluding tert-OH is 1. The summed E-state index contributed by atoms with van der Waals surface area (Å²) in [6.07, 6.45) is 6.51. The Morgan fingerprint density at radius 3 is 2.43 bits per heavy atom. The first kappa shape index (κ1) is 36.3. The molecule has 5 bridgehead atoms. The van der Waals surface area contributed by atoms with E-state index in [1.807, 2.05) is 44.2 Å². The number of hydrogen-bond acceptors (Lipinski definition) is 9. The highest BCUT2D eigenvalue weighted by Crippen LogP contribution is 2.57. The number of esters is 1. The van der Waals surface area contributed by atoms with E-state index in [2.05, 4.69) is 5.32 Å². The third-order valence-electron chi connectivity index (χ3n) is 10.7. The highest BCUT2D eigenvalue weighted by Gasteiger charge is 2.74. The molecule has 0 aliphatic carbocycles. The van der Waals surface area contributed by atoms with Crippen LogP contribution in [0.3, 0.4) is 0 Å². The van der Waals surface area contributed by atoms with Gasteiger partial charge in [-0.1, -0.05) is 74.9 Å². The number of rotatable bonds is 9. The Morgan fingerprint density at radius 1 is 1.02 bits per heavy atom. The molecular formula is C39H47N3O9. The van der Waals surface area contributed by atoms with Gasteiger partial charge < -0.3 is 39.2 Å². The van der Waals surface area contributed by atoms with Gasteiger partial charge in [0.15, 0.2) is 0 Å². The molecule has 2 aromatic carbocycles. The lowest BCUT2D eigenvalue weighted by molar-refractivity contribution is -0.162. The molecule has 4 aliphatic heterocycles. The summed E-state index contributed by atoms with van der Waals surface area (Å²) in [7, 11) is 3.06. The zero-order valence-electron chi connectivity index (χ0n) is 29.5. The predicted octanol–water partition coefficient (Wildman–Crippen LogP) is 3.35. The van der Waals surface area contributed by atoms with Crippen LogP contribution in [0.15, 0.2) is 78.9 Å². The molecule has 0 unspecified atom stereocenters. The molecule has 12 nitrogen and oxygen atoms in total. The van der Waals surface area contributed by atoms with E-state index in [9.17, 15) is 19.5 Å². The highest BCUT2D eigenvalue weighted by atomic mass is 16.6. The number of cyclic esters (lactones) is 1. The molecule has 12 heteroatoms. The minimum Gasteiger partial charge on any atom is -0.497 e. The van der Waals surface area contributed by atoms with Crippen LogP contribution < -0.4 is 15.0 Å². The van der Waals surface area contributed by atoms with Crippen LogP contribution in [0.5, 0.6) is 5.75 Å². The third-order valence-corrected chi connectivity index (χ3v) is 10.7. The number of carbonyl (C=O) groups excluding carboxylic acids is 4. The van der Waals surface area contributed by atoms with Gasteiger partial charge >= 0.3 is 5.97 Å². The quantitative estimate of drug-likeness (QED) is 0.297. The van der Waals surface area contributed by atoms with Crippen LogP contribution in [0.4, 0.5) is 5.69 Å². The van der Waals surface area contributed by atoms with Crippen LogP contribution in [-0.2, 0) is 33.4 Å². The Hall–Kier alpha value is -4.52. The summed E-state index contributed by atoms with van der Waals surface area (Å²) in [5.74, 6) is -3.59. The van der Waals surface area contributed by atoms with Gasteiger partial charge in [-0.25, -0.2) is 0 Å². The van der Waals surface area contributed by atoms with E-state index in [0.29, 0.717) is 29.8 Å². The zero-order chi connectivity index (χ0) is 36.3. The molecule has 3 amide bonds. The summed E-state index contributed by atoms with van der Waals surface area (Å²) in [4.78, 5) is 60.7. The summed E-state index contributed by atoms with van der Waals surface area (Å²) in [6, 6.07) is 13.4. The number of anilines is 1. The summed E-state index contributed by atoms with van der Waals surface area (Å²) in [6.45, 7) is 3.69. The van der Waals surface area contributed by atoms with Gasteiger partial charge in [-0.15, -0.1) is 0 Å². The molecule has 2 N–H and O–H groups in total. The van der Waals surface area contributed by atoms with Gasteiger partial charge in [-0.3, -0.25) is 19.2 Å². The van der Waals surface area contributed by atoms with Crippen molar-refractivity contribution >= 4 is 29.4 Å². The molecule has 0 radical (unpaired) electrons. The van der Waals surface area contributed by atoms with Crippen LogP contribution in [0.1, 0.15) is 44.8 Å². The van der Waals surface area contributed by atoms with Crippen molar-refractivity contribution in [1.29, 1.82) is 0 Å². The van der Waals surface area contributed by atoms with E-state index in [-0.39, 0.29) is 38.0 Å². The van der Waals surface area contributed by atoms with E-state index in [0.717, 1.165) is 0 Å². The number of methoxy groups -OCH3 is 2. The Bertz CT molecular complexity index is 1650. The van der Waals surface area contributed by atoms with Gasteiger partial charge in [0.2, 0.25) is 11.8 Å². The lowest BCUT2D eigenvalue weighted by Crippen LogP contribution is -2.59. The van der Waals surface area contributed by atoms with Crippen molar-refractivity contribution in [3.8, 4) is 5.75 Å². The second kappa shape index (κ2) is 15.4. The Balaban J connectivity index is 1.49. The van der Waals surface area contributed by atoms with Crippen molar-refractivity contribution in [1.82, 2.24) is 10.2 Å². The first-order valence-electron chi connectivity index (χ1n) is 17.6. The fraction of sp³-hybridized carbons (Fsp3) is 0.487. The molecule has 0 saturated carbocycles. The number of carbonyl (C=O) groups is 4. The monoisotopic (exact) mass is 701 g/mol. The number of likely N-dealkylation sites (tertiary alicyclic amines) is 1. The Labute approximate surface area is 298 Å². The number of aliphatic hydroxyl groups is 1. The van der Waals surface area contributed by atoms with Crippen molar-refractivity contribution in [3.05, 3.63) is 84.5 Å². The van der Waals surface area contributed by atoms with Crippen LogP contribution >= 0.6 is 0 Å². The van der Waals surface area contributed by atoms with Gasteiger partial charge in [0.25, 0.3) is 5.91 Å². The second-order valence-corrected chi connectivity index (χ2v) is 13.6. The average molecular weight is 702 g/mol. The number of fused-ring (bicyclic) bond motifs is 2. The number of benzene rings is 2. The van der Waals surface area contributed by atoms with Gasteiger partial charge in [0.1, 0.15) is 29.4 Å². The number of amides is 3. The maximum atomic E-state index is 15.1. The minimum atomic E-state index is -1.49. The van der Waals surface area contributed by atoms with Gasteiger partial charge in [0.05, 0.1) is 44.4 Å². The Kier molecular flexibility index (Phi) is 10.9. The summed E-state index contributed by atoms with van der Waals surface area (Å²) >= 11 is 0. The predicted molar refractivity (Wildman–Crippen MR) is 187 cm³/mol. The van der Waals surface area contributed by atoms with Crippen LogP contribution in [0.25, 0.3) is 0 Å². The first-order valence-corrected chi connectivity index (χ1v) is 17.6. The fourth-order valence-corrected chi connectivity index (χ4v) is 7.97. The number of nitrogens with zero attached hydrogens (tertiary/aromatic N) is 2. The van der Waals surface area contributed by atoms with Gasteiger partial charge in [0, 0.05) is 25.8 Å². The first-order chi connectivity index (χ1) is 24.7. The molecule has 0 aromatic heterocycles. The van der Waals surface area contributed by atoms with Crippen molar-refractivity contribution in [2.24, 2.45) is 17.8 Å². The van der Waals surface area contributed by atoms with Crippen molar-refractivity contribution < 1.29 is 43.2 Å². The number of hydrogen-bond donors (Lipinski definition) is 2. The van der Waals surface area contributed by atoms with Crippen LogP contribution in [0.2, 0.25) is 0 Å². The molecule has 4 aliphatic rings. The smallest absolute Gasteiger partial charge is 0.313 e. The van der Waals surface area contributed by atoms with Crippen LogP contribution in [-0.4, -0.2) is 97.5 Å². The lowest BCUT2D eigenvalue weighted by atomic mass is 9.74. The van der Waals surface area contributed by atoms with E-state index in [1.54, 1.807) is 60.6 Å². The molecule has 51 heavy (non-hydrogen) atoms. The highest BCUT2D eigenvalue weighted by molar-refractivity contribution is 6.05. The van der Waals surface area contributed by atoms with E-state index in [1.165, 1.54) is 12.0 Å². The largest absolute Gasteiger partial charge is 0.497 e. The van der Waals surface area contributed by atoms with E-state index < -0.39 is 65.6 Å². The normalized spacial score (nSPS) is 31.2. The molecule has 9 atom stereocenters. The standard InChI is InChI=1S/C39H47N3O9/c1-5-24(2)29(22-43)42-35-37(46)41(26-15-17-27(49-4)18-16-26)21-11-7-10-14-31(44)40-28(23-48-3)34(25-12-8-6-9-13-25)50-38(47)32-30-19-20-39(35,51-30)33(32)36(42)45/h6-9,11-13,15-20,24,28-30,32-35,43H,5,10,14,21-23H2,1-4H3,(H,40,44)/b11-7-/t24-,28+,29-,30-,32+,33+,34+,35-,39+/m0/s1. The molecule has 2 saturated heterocycles. The molecule has 1 spiro atoms. The van der Waals surface area contributed by atoms with Gasteiger partial charge in [-0.05, 0) is 42.2 Å². The summed E-state index contributed by atoms with van der Waals surface area (Å²) in [5.41, 5.74) is -0.299. The fourth-order valence-electron chi connectivity index (χ4n) is 7.97. The SMILES string of the molecule is CC[C@H](C)[C@H](CO)N1C(=O)[C@H]2[C@@H]3C(=O)O[C@H](c4ccccc4)[C@@H](COC)NC(=O)CC/C=C\CN(c4ccc(OC)cc4)C(=O)[C@H]1[C@@]21C=C[C@@H]3O1. The molecule has 272 valence electrons. The molecule has 6 rings (SSSR count). The number of allylic oxidation sites excluding steroid dienone is 1. The van der Waals surface area contributed by atoms with Crippen molar-refractivity contribution in [2.45, 2.75) is 69.0 Å². The lowest BCUT2D eigenvalue weighted by Gasteiger charge is -2.40. The number of ether oxygens (including phenoxy) is 4. The molecule has 2 fully saturated rings.